The summed E-state index contributed by atoms with van der Waals surface area (Å²) >= 11 is 3.64. The molecule has 0 nitrogen and oxygen atoms in total. The summed E-state index contributed by atoms with van der Waals surface area (Å²) in [4.78, 5) is 0. The van der Waals surface area contributed by atoms with Gasteiger partial charge in [-0.1, -0.05) is 146 Å². The minimum Gasteiger partial charge on any atom is -0.0876 e. The first-order valence-corrected chi connectivity index (χ1v) is 14.3. The summed E-state index contributed by atoms with van der Waals surface area (Å²) in [5, 5.41) is 0.900. The maximum atomic E-state index is 3.64. The lowest BCUT2D eigenvalue weighted by Crippen LogP contribution is -2.52. The van der Waals surface area contributed by atoms with Gasteiger partial charge in [0.1, 0.15) is 0 Å². The lowest BCUT2D eigenvalue weighted by molar-refractivity contribution is 0.0187. The maximum Gasteiger partial charge on any atom is 0.0283 e. The third-order valence-electron chi connectivity index (χ3n) is 9.70. The lowest BCUT2D eigenvalue weighted by atomic mass is 9.48. The van der Waals surface area contributed by atoms with E-state index in [1.54, 1.807) is 0 Å². The van der Waals surface area contributed by atoms with Crippen LogP contribution in [-0.2, 0) is 16.2 Å². The molecule has 0 fully saturated rings. The average molecular weight is 528 g/mol. The second-order valence-corrected chi connectivity index (χ2v) is 14.1. The molecule has 0 bridgehead atoms. The molecule has 0 aliphatic carbocycles. The van der Waals surface area contributed by atoms with E-state index in [1.165, 1.54) is 22.3 Å². The molecule has 4 unspecified atom stereocenters. The molecule has 0 heterocycles. The maximum absolute atomic E-state index is 3.64. The van der Waals surface area contributed by atoms with Crippen LogP contribution in [0.15, 0.2) is 48.5 Å². The number of alkyl halides is 1. The summed E-state index contributed by atoms with van der Waals surface area (Å²) in [6.07, 6.45) is 1.15. The smallest absolute Gasteiger partial charge is 0.0283 e. The Morgan fingerprint density at radius 1 is 0.676 bits per heavy atom. The van der Waals surface area contributed by atoms with Gasteiger partial charge in [0, 0.05) is 5.33 Å². The van der Waals surface area contributed by atoms with E-state index < -0.39 is 0 Å². The van der Waals surface area contributed by atoms with Gasteiger partial charge in [-0.2, -0.15) is 0 Å². The molecule has 0 saturated heterocycles. The van der Waals surface area contributed by atoms with Crippen molar-refractivity contribution in [2.45, 2.75) is 106 Å². The van der Waals surface area contributed by atoms with Crippen molar-refractivity contribution in [1.29, 1.82) is 0 Å². The van der Waals surface area contributed by atoms with Crippen molar-refractivity contribution >= 4 is 15.9 Å². The molecule has 0 aliphatic heterocycles. The van der Waals surface area contributed by atoms with Gasteiger partial charge in [0.05, 0.1) is 0 Å². The summed E-state index contributed by atoms with van der Waals surface area (Å²) in [6.45, 7) is 29.3. The van der Waals surface area contributed by atoms with E-state index in [-0.39, 0.29) is 21.7 Å². The van der Waals surface area contributed by atoms with Crippen molar-refractivity contribution < 1.29 is 0 Å². The van der Waals surface area contributed by atoms with Crippen LogP contribution in [0.5, 0.6) is 0 Å². The predicted molar refractivity (Wildman–Crippen MR) is 156 cm³/mol. The SMILES string of the molecule is Cc1ccc(C(C)(CC(C)(C)C)C(C)C(C)(c2ccc(CBr)cc2)C(C)C(C)(C)C(C)C)cc1. The van der Waals surface area contributed by atoms with Crippen LogP contribution in [0.1, 0.15) is 105 Å². The molecular weight excluding hydrogens is 476 g/mol. The quantitative estimate of drug-likeness (QED) is 0.285. The Kier molecular flexibility index (Phi) is 9.00. The van der Waals surface area contributed by atoms with Crippen LogP contribution >= 0.6 is 15.9 Å². The fourth-order valence-electron chi connectivity index (χ4n) is 6.30. The molecule has 34 heavy (non-hydrogen) atoms. The van der Waals surface area contributed by atoms with Crippen molar-refractivity contribution in [2.24, 2.45) is 28.6 Å². The molecular formula is C33H51Br. The molecule has 4 atom stereocenters. The fourth-order valence-corrected chi connectivity index (χ4v) is 6.68. The van der Waals surface area contributed by atoms with E-state index in [0.717, 1.165) is 11.8 Å². The number of aryl methyl sites for hydroxylation is 1. The highest BCUT2D eigenvalue weighted by Gasteiger charge is 2.52. The third kappa shape index (κ3) is 5.83. The monoisotopic (exact) mass is 526 g/mol. The van der Waals surface area contributed by atoms with E-state index in [1.807, 2.05) is 0 Å². The molecule has 0 radical (unpaired) electrons. The molecule has 0 aliphatic rings. The normalized spacial score (nSPS) is 18.3. The van der Waals surface area contributed by atoms with Crippen LogP contribution in [0, 0.1) is 35.5 Å². The number of benzene rings is 2. The van der Waals surface area contributed by atoms with Crippen LogP contribution in [0.3, 0.4) is 0 Å². The number of halogens is 1. The number of hydrogen-bond donors (Lipinski definition) is 0. The second kappa shape index (κ2) is 10.5. The molecule has 2 rings (SSSR count). The van der Waals surface area contributed by atoms with Gasteiger partial charge in [-0.05, 0) is 69.4 Å². The molecule has 2 aromatic carbocycles. The highest BCUT2D eigenvalue weighted by Crippen LogP contribution is 2.56. The van der Waals surface area contributed by atoms with E-state index in [0.29, 0.717) is 17.8 Å². The zero-order valence-corrected chi connectivity index (χ0v) is 25.7. The standard InChI is InChI=1S/C33H51Br/c1-23(2)31(9,10)25(4)33(12,29-19-15-27(21-34)16-20-29)26(5)32(11,22-30(6,7)8)28-17-13-24(3)14-18-28/h13-20,23,25-26H,21-22H2,1-12H3. The van der Waals surface area contributed by atoms with Crippen LogP contribution < -0.4 is 0 Å². The molecule has 0 spiro atoms. The highest BCUT2D eigenvalue weighted by molar-refractivity contribution is 9.08. The van der Waals surface area contributed by atoms with Crippen molar-refractivity contribution in [2.75, 3.05) is 0 Å². The zero-order chi connectivity index (χ0) is 26.1. The van der Waals surface area contributed by atoms with Gasteiger partial charge < -0.3 is 0 Å². The third-order valence-corrected chi connectivity index (χ3v) is 10.3. The van der Waals surface area contributed by atoms with Crippen molar-refractivity contribution in [3.8, 4) is 0 Å². The van der Waals surface area contributed by atoms with Crippen molar-refractivity contribution in [3.05, 3.63) is 70.8 Å². The van der Waals surface area contributed by atoms with Gasteiger partial charge in [0.15, 0.2) is 0 Å². The van der Waals surface area contributed by atoms with Crippen molar-refractivity contribution in [3.63, 3.8) is 0 Å². The first-order valence-electron chi connectivity index (χ1n) is 13.2. The summed E-state index contributed by atoms with van der Waals surface area (Å²) in [7, 11) is 0. The number of hydrogen-bond acceptors (Lipinski definition) is 0. The topological polar surface area (TPSA) is 0 Å². The van der Waals surface area contributed by atoms with Gasteiger partial charge in [0.25, 0.3) is 0 Å². The zero-order valence-electron chi connectivity index (χ0n) is 24.1. The first-order chi connectivity index (χ1) is 15.5. The van der Waals surface area contributed by atoms with Crippen LogP contribution in [-0.4, -0.2) is 0 Å². The number of rotatable bonds is 9. The minimum absolute atomic E-state index is 0.00347. The Morgan fingerprint density at radius 2 is 1.15 bits per heavy atom. The summed E-state index contributed by atoms with van der Waals surface area (Å²) in [5.74, 6) is 1.53. The second-order valence-electron chi connectivity index (χ2n) is 13.6. The van der Waals surface area contributed by atoms with E-state index >= 15 is 0 Å². The van der Waals surface area contributed by atoms with Gasteiger partial charge in [-0.3, -0.25) is 0 Å². The Morgan fingerprint density at radius 3 is 1.56 bits per heavy atom. The minimum atomic E-state index is 0.00347. The highest BCUT2D eigenvalue weighted by atomic mass is 79.9. The van der Waals surface area contributed by atoms with Gasteiger partial charge in [-0.15, -0.1) is 0 Å². The molecule has 0 N–H and O–H groups in total. The van der Waals surface area contributed by atoms with E-state index in [2.05, 4.69) is 148 Å². The van der Waals surface area contributed by atoms with Crippen molar-refractivity contribution in [1.82, 2.24) is 0 Å². The van der Waals surface area contributed by atoms with E-state index in [4.69, 9.17) is 0 Å². The van der Waals surface area contributed by atoms with Crippen LogP contribution in [0.25, 0.3) is 0 Å². The largest absolute Gasteiger partial charge is 0.0876 e. The molecule has 0 amide bonds. The van der Waals surface area contributed by atoms with Gasteiger partial charge in [-0.25, -0.2) is 0 Å². The van der Waals surface area contributed by atoms with Gasteiger partial charge in [0.2, 0.25) is 0 Å². The Balaban J connectivity index is 2.80. The Hall–Kier alpha value is -1.08. The molecule has 0 saturated carbocycles. The summed E-state index contributed by atoms with van der Waals surface area (Å²) in [5.41, 5.74) is 6.08. The summed E-state index contributed by atoms with van der Waals surface area (Å²) in [6, 6.07) is 18.8. The predicted octanol–water partition coefficient (Wildman–Crippen LogP) is 10.5. The fraction of sp³-hybridized carbons (Fsp3) is 0.636. The molecule has 190 valence electrons. The van der Waals surface area contributed by atoms with Crippen LogP contribution in [0.2, 0.25) is 0 Å². The molecule has 1 heteroatoms. The van der Waals surface area contributed by atoms with Gasteiger partial charge >= 0.3 is 0 Å². The average Bonchev–Trinajstić information content (AvgIpc) is 2.76. The molecule has 0 aromatic heterocycles. The van der Waals surface area contributed by atoms with Crippen LogP contribution in [0.4, 0.5) is 0 Å². The van der Waals surface area contributed by atoms with E-state index in [9.17, 15) is 0 Å². The Labute approximate surface area is 220 Å². The lowest BCUT2D eigenvalue weighted by Gasteiger charge is -2.56. The Bertz CT molecular complexity index is 913. The summed E-state index contributed by atoms with van der Waals surface area (Å²) < 4.78 is 0. The molecule has 2 aromatic rings. The first kappa shape index (κ1) is 29.2.